The number of carbonyl (C=O) groups is 1. The van der Waals surface area contributed by atoms with Crippen molar-refractivity contribution in [2.24, 2.45) is 0 Å². The Morgan fingerprint density at radius 2 is 1.78 bits per heavy atom. The van der Waals surface area contributed by atoms with Crippen LogP contribution < -0.4 is 5.73 Å². The maximum absolute atomic E-state index is 12.1. The van der Waals surface area contributed by atoms with E-state index in [-0.39, 0.29) is 12.2 Å². The normalized spacial score (nSPS) is 10.3. The summed E-state index contributed by atoms with van der Waals surface area (Å²) in [5.74, 6) is -0.0758. The van der Waals surface area contributed by atoms with Crippen LogP contribution in [-0.4, -0.2) is 5.78 Å². The van der Waals surface area contributed by atoms with Gasteiger partial charge in [-0.3, -0.25) is 4.79 Å². The summed E-state index contributed by atoms with van der Waals surface area (Å²) >= 11 is 12.0. The molecule has 0 saturated heterocycles. The molecule has 92 valence electrons. The lowest BCUT2D eigenvalue weighted by Crippen LogP contribution is -2.05. The van der Waals surface area contributed by atoms with E-state index in [1.807, 2.05) is 0 Å². The molecule has 0 bridgehead atoms. The van der Waals surface area contributed by atoms with Crippen LogP contribution in [0.5, 0.6) is 0 Å². The van der Waals surface area contributed by atoms with Gasteiger partial charge in [0.2, 0.25) is 0 Å². The van der Waals surface area contributed by atoms with Gasteiger partial charge in [-0.1, -0.05) is 35.3 Å². The highest BCUT2D eigenvalue weighted by Gasteiger charge is 2.12. The highest BCUT2D eigenvalue weighted by atomic mass is 35.5. The van der Waals surface area contributed by atoms with Gasteiger partial charge >= 0.3 is 0 Å². The quantitative estimate of drug-likeness (QED) is 0.682. The molecular weight excluding hydrogens is 269 g/mol. The molecule has 2 aromatic rings. The Bertz CT molecular complexity index is 596. The Morgan fingerprint density at radius 1 is 1.06 bits per heavy atom. The molecule has 0 saturated carbocycles. The second kappa shape index (κ2) is 5.42. The zero-order chi connectivity index (χ0) is 13.1. The fraction of sp³-hybridized carbons (Fsp3) is 0.0714. The van der Waals surface area contributed by atoms with E-state index in [0.29, 0.717) is 26.9 Å². The lowest BCUT2D eigenvalue weighted by Gasteiger charge is -2.06. The predicted octanol–water partition coefficient (Wildman–Crippen LogP) is 4.00. The molecule has 0 fully saturated rings. The van der Waals surface area contributed by atoms with E-state index in [4.69, 9.17) is 28.9 Å². The molecule has 0 spiro atoms. The summed E-state index contributed by atoms with van der Waals surface area (Å²) in [5.41, 5.74) is 7.47. The van der Waals surface area contributed by atoms with Gasteiger partial charge < -0.3 is 5.73 Å². The Hall–Kier alpha value is -1.51. The van der Waals surface area contributed by atoms with Gasteiger partial charge in [0.05, 0.1) is 5.02 Å². The summed E-state index contributed by atoms with van der Waals surface area (Å²) in [5, 5.41) is 0.979. The van der Waals surface area contributed by atoms with Crippen molar-refractivity contribution >= 4 is 34.7 Å². The van der Waals surface area contributed by atoms with Crippen molar-refractivity contribution in [1.82, 2.24) is 0 Å². The van der Waals surface area contributed by atoms with Crippen molar-refractivity contribution < 1.29 is 4.79 Å². The minimum atomic E-state index is -0.0758. The van der Waals surface area contributed by atoms with Crippen LogP contribution in [0.15, 0.2) is 42.5 Å². The van der Waals surface area contributed by atoms with Gasteiger partial charge in [0.1, 0.15) is 0 Å². The standard InChI is InChI=1S/C14H11Cl2NO/c15-12-6-5-10(17)7-9(12)8-14(18)11-3-1-2-4-13(11)16/h1-7H,8,17H2. The lowest BCUT2D eigenvalue weighted by molar-refractivity contribution is 0.0993. The number of Topliss-reactive ketones (excluding diaryl/α,β-unsaturated/α-hetero) is 1. The van der Waals surface area contributed by atoms with Crippen LogP contribution >= 0.6 is 23.2 Å². The van der Waals surface area contributed by atoms with Crippen LogP contribution in [0.3, 0.4) is 0 Å². The molecule has 4 heteroatoms. The number of anilines is 1. The molecule has 0 aliphatic carbocycles. The van der Waals surface area contributed by atoms with E-state index in [1.165, 1.54) is 0 Å². The smallest absolute Gasteiger partial charge is 0.168 e. The van der Waals surface area contributed by atoms with Crippen molar-refractivity contribution in [2.45, 2.75) is 6.42 Å². The second-order valence-corrected chi connectivity index (χ2v) is 4.75. The number of halogens is 2. The van der Waals surface area contributed by atoms with Crippen molar-refractivity contribution in [2.75, 3.05) is 5.73 Å². The molecule has 0 aromatic heterocycles. The average molecular weight is 280 g/mol. The number of nitrogens with two attached hydrogens (primary N) is 1. The molecule has 0 radical (unpaired) electrons. The van der Waals surface area contributed by atoms with Gasteiger partial charge in [-0.25, -0.2) is 0 Å². The minimum Gasteiger partial charge on any atom is -0.399 e. The summed E-state index contributed by atoms with van der Waals surface area (Å²) in [6, 6.07) is 12.0. The van der Waals surface area contributed by atoms with E-state index in [9.17, 15) is 4.79 Å². The first-order valence-electron chi connectivity index (χ1n) is 5.39. The molecule has 2 N–H and O–H groups in total. The van der Waals surface area contributed by atoms with Crippen LogP contribution in [0, 0.1) is 0 Å². The summed E-state index contributed by atoms with van der Waals surface area (Å²) in [7, 11) is 0. The molecule has 0 aliphatic heterocycles. The molecule has 0 amide bonds. The summed E-state index contributed by atoms with van der Waals surface area (Å²) in [4.78, 5) is 12.1. The van der Waals surface area contributed by atoms with Crippen LogP contribution in [0.25, 0.3) is 0 Å². The van der Waals surface area contributed by atoms with Crippen LogP contribution in [0.2, 0.25) is 10.0 Å². The predicted molar refractivity (Wildman–Crippen MR) is 75.4 cm³/mol. The van der Waals surface area contributed by atoms with Gasteiger partial charge in [0.15, 0.2) is 5.78 Å². The number of rotatable bonds is 3. The molecular formula is C14H11Cl2NO. The van der Waals surface area contributed by atoms with Crippen LogP contribution in [-0.2, 0) is 6.42 Å². The van der Waals surface area contributed by atoms with Crippen molar-refractivity contribution in [3.8, 4) is 0 Å². The number of carbonyl (C=O) groups excluding carboxylic acids is 1. The molecule has 0 atom stereocenters. The third-order valence-corrected chi connectivity index (χ3v) is 3.29. The number of benzene rings is 2. The average Bonchev–Trinajstić information content (AvgIpc) is 2.34. The SMILES string of the molecule is Nc1ccc(Cl)c(CC(=O)c2ccccc2Cl)c1. The van der Waals surface area contributed by atoms with E-state index < -0.39 is 0 Å². The number of ketones is 1. The van der Waals surface area contributed by atoms with E-state index >= 15 is 0 Å². The topological polar surface area (TPSA) is 43.1 Å². The molecule has 2 rings (SSSR count). The molecule has 0 unspecified atom stereocenters. The maximum atomic E-state index is 12.1. The van der Waals surface area contributed by atoms with Gasteiger partial charge in [-0.05, 0) is 35.9 Å². The summed E-state index contributed by atoms with van der Waals surface area (Å²) in [6.07, 6.45) is 0.188. The van der Waals surface area contributed by atoms with Crippen molar-refractivity contribution in [3.63, 3.8) is 0 Å². The Morgan fingerprint density at radius 3 is 2.50 bits per heavy atom. The molecule has 18 heavy (non-hydrogen) atoms. The van der Waals surface area contributed by atoms with Gasteiger partial charge in [0, 0.05) is 22.7 Å². The number of hydrogen-bond acceptors (Lipinski definition) is 2. The Kier molecular flexibility index (Phi) is 3.90. The number of hydrogen-bond donors (Lipinski definition) is 1. The first kappa shape index (κ1) is 12.9. The van der Waals surface area contributed by atoms with E-state index in [1.54, 1.807) is 42.5 Å². The largest absolute Gasteiger partial charge is 0.399 e. The summed E-state index contributed by atoms with van der Waals surface area (Å²) in [6.45, 7) is 0. The van der Waals surface area contributed by atoms with Crippen LogP contribution in [0.1, 0.15) is 15.9 Å². The number of nitrogen functional groups attached to an aromatic ring is 1. The zero-order valence-electron chi connectivity index (χ0n) is 9.49. The second-order valence-electron chi connectivity index (χ2n) is 3.93. The molecule has 2 aromatic carbocycles. The Balaban J connectivity index is 2.27. The zero-order valence-corrected chi connectivity index (χ0v) is 11.0. The maximum Gasteiger partial charge on any atom is 0.168 e. The molecule has 0 aliphatic rings. The van der Waals surface area contributed by atoms with Gasteiger partial charge in [-0.2, -0.15) is 0 Å². The van der Waals surface area contributed by atoms with E-state index in [0.717, 1.165) is 0 Å². The lowest BCUT2D eigenvalue weighted by atomic mass is 10.0. The summed E-state index contributed by atoms with van der Waals surface area (Å²) < 4.78 is 0. The van der Waals surface area contributed by atoms with Crippen molar-refractivity contribution in [1.29, 1.82) is 0 Å². The fourth-order valence-electron chi connectivity index (χ4n) is 1.69. The monoisotopic (exact) mass is 279 g/mol. The third-order valence-electron chi connectivity index (χ3n) is 2.60. The fourth-order valence-corrected chi connectivity index (χ4v) is 2.11. The Labute approximate surface area is 115 Å². The van der Waals surface area contributed by atoms with Crippen LogP contribution in [0.4, 0.5) is 5.69 Å². The highest BCUT2D eigenvalue weighted by Crippen LogP contribution is 2.23. The first-order chi connectivity index (χ1) is 8.58. The molecule has 0 heterocycles. The van der Waals surface area contributed by atoms with Gasteiger partial charge in [-0.15, -0.1) is 0 Å². The van der Waals surface area contributed by atoms with E-state index in [2.05, 4.69) is 0 Å². The third kappa shape index (κ3) is 2.84. The van der Waals surface area contributed by atoms with Gasteiger partial charge in [0.25, 0.3) is 0 Å². The van der Waals surface area contributed by atoms with Crippen molar-refractivity contribution in [3.05, 3.63) is 63.6 Å². The first-order valence-corrected chi connectivity index (χ1v) is 6.15. The molecule has 2 nitrogen and oxygen atoms in total. The minimum absolute atomic E-state index is 0.0758. The highest BCUT2D eigenvalue weighted by molar-refractivity contribution is 6.34.